The first-order chi connectivity index (χ1) is 18.2. The number of hydrogen-bond acceptors (Lipinski definition) is 9. The van der Waals surface area contributed by atoms with Gasteiger partial charge in [0.25, 0.3) is 0 Å². The fraction of sp³-hybridized carbons (Fsp3) is 0.852. The normalized spacial score (nSPS) is 24.0. The summed E-state index contributed by atoms with van der Waals surface area (Å²) in [6.45, 7) is 33.0. The Bertz CT molecular complexity index is 1140. The first-order valence-electron chi connectivity index (χ1n) is 14.2. The van der Waals surface area contributed by atoms with E-state index in [0.717, 1.165) is 0 Å². The molecule has 238 valence electrons. The van der Waals surface area contributed by atoms with E-state index in [1.165, 1.54) is 16.8 Å². The molecule has 1 aliphatic heterocycles. The quantitative estimate of drug-likeness (QED) is 0.218. The van der Waals surface area contributed by atoms with Crippen molar-refractivity contribution in [2.45, 2.75) is 141 Å². The first kappa shape index (κ1) is 36.5. The molecule has 1 saturated heterocycles. The van der Waals surface area contributed by atoms with Gasteiger partial charge in [-0.05, 0) is 54.4 Å². The molecule has 0 spiro atoms. The molecule has 0 aliphatic carbocycles. The van der Waals surface area contributed by atoms with E-state index in [-0.39, 0.29) is 21.0 Å². The summed E-state index contributed by atoms with van der Waals surface area (Å²) in [6.07, 6.45) is -1.06. The highest BCUT2D eigenvalue weighted by Gasteiger charge is 2.55. The van der Waals surface area contributed by atoms with Gasteiger partial charge in [0.15, 0.2) is 31.2 Å². The van der Waals surface area contributed by atoms with Crippen LogP contribution in [-0.2, 0) is 29.4 Å². The lowest BCUT2D eigenvalue weighted by Crippen LogP contribution is -2.54. The van der Waals surface area contributed by atoms with Gasteiger partial charge in [0, 0.05) is 12.3 Å². The summed E-state index contributed by atoms with van der Waals surface area (Å²) in [5, 5.41) is -0.202. The van der Waals surface area contributed by atoms with Gasteiger partial charge < -0.3 is 26.8 Å². The van der Waals surface area contributed by atoms with Crippen LogP contribution in [0, 0.1) is 0 Å². The van der Waals surface area contributed by atoms with Crippen LogP contribution in [0.1, 0.15) is 68.5 Å². The molecule has 2 unspecified atom stereocenters. The van der Waals surface area contributed by atoms with E-state index in [1.807, 2.05) is 0 Å². The second-order valence-corrected chi connectivity index (χ2v) is 30.5. The molecule has 0 radical (unpaired) electrons. The van der Waals surface area contributed by atoms with E-state index >= 15 is 0 Å². The zero-order chi connectivity index (χ0) is 32.0. The number of nitrogens with zero attached hydrogens (tertiary/aromatic N) is 2. The maximum atomic E-state index is 13.2. The highest BCUT2D eigenvalue weighted by Crippen LogP contribution is 2.46. The van der Waals surface area contributed by atoms with Crippen LogP contribution in [0.3, 0.4) is 0 Å². The largest absolute Gasteiger partial charge is 0.740 e. The molecule has 1 aromatic heterocycles. The Hall–Kier alpha value is -0.719. The van der Waals surface area contributed by atoms with Gasteiger partial charge in [0.1, 0.15) is 29.7 Å². The fourth-order valence-electron chi connectivity index (χ4n) is 3.58. The molecule has 0 aromatic carbocycles. The fourth-order valence-corrected chi connectivity index (χ4v) is 7.43. The van der Waals surface area contributed by atoms with Crippen molar-refractivity contribution in [1.82, 2.24) is 9.55 Å². The highest BCUT2D eigenvalue weighted by molar-refractivity contribution is 7.74. The Morgan fingerprint density at radius 1 is 0.878 bits per heavy atom. The lowest BCUT2D eigenvalue weighted by Gasteiger charge is -2.44. The highest BCUT2D eigenvalue weighted by atomic mass is 32.2. The summed E-state index contributed by atoms with van der Waals surface area (Å²) in [6, 6.07) is 1.33. The Balaban J connectivity index is 2.67. The second-order valence-electron chi connectivity index (χ2n) is 15.6. The molecule has 0 amide bonds. The monoisotopic (exact) mass is 649 g/mol. The van der Waals surface area contributed by atoms with Gasteiger partial charge in [-0.25, -0.2) is 9.00 Å². The smallest absolute Gasteiger partial charge is 0.353 e. The molecule has 41 heavy (non-hydrogen) atoms. The van der Waals surface area contributed by atoms with E-state index in [9.17, 15) is 13.6 Å². The molecule has 10 nitrogen and oxygen atoms in total. The molecule has 1 aromatic rings. The molecule has 0 N–H and O–H groups in total. The van der Waals surface area contributed by atoms with E-state index in [2.05, 4.69) is 111 Å². The van der Waals surface area contributed by atoms with Crippen molar-refractivity contribution < 1.29 is 31.0 Å². The van der Waals surface area contributed by atoms with Crippen molar-refractivity contribution in [3.63, 3.8) is 0 Å². The van der Waals surface area contributed by atoms with Gasteiger partial charge in [0.2, 0.25) is 5.88 Å². The van der Waals surface area contributed by atoms with Crippen molar-refractivity contribution >= 4 is 36.3 Å². The molecular formula is C27H53N2O8SSi3-. The summed E-state index contributed by atoms with van der Waals surface area (Å²) in [5.74, 6) is -0.314. The van der Waals surface area contributed by atoms with Crippen LogP contribution in [-0.4, -0.2) is 68.2 Å². The summed E-state index contributed by atoms with van der Waals surface area (Å²) < 4.78 is 55.4. The predicted octanol–water partition coefficient (Wildman–Crippen LogP) is 6.12. The zero-order valence-corrected chi connectivity index (χ0v) is 31.6. The lowest BCUT2D eigenvalue weighted by molar-refractivity contribution is -0.0510. The predicted molar refractivity (Wildman–Crippen MR) is 169 cm³/mol. The molecule has 0 bridgehead atoms. The standard InChI is InChI=1S/C27H54N2O8SSi3/c1-25(2,3)39(10,11)33-18-19-21(36-40(12,13)26(4,5)6)22(37-41(14,15)27(7,8)9)23(34-19)29-17-16-20(28-24(29)30)35-38(31)32/h16-17,19,21-23H,18H2,1-15H3,(H,31,32)/p-1/t19-,21?,22+,23-/m1/s1. The number of ether oxygens (including phenoxy) is 1. The Kier molecular flexibility index (Phi) is 11.0. The van der Waals surface area contributed by atoms with Gasteiger partial charge in [-0.3, -0.25) is 4.57 Å². The second kappa shape index (κ2) is 12.3. The molecule has 5 atom stereocenters. The molecule has 1 fully saturated rings. The lowest BCUT2D eigenvalue weighted by atomic mass is 10.1. The minimum Gasteiger partial charge on any atom is -0.740 e. The first-order valence-corrected chi connectivity index (χ1v) is 23.9. The van der Waals surface area contributed by atoms with Crippen LogP contribution in [0.2, 0.25) is 54.4 Å². The van der Waals surface area contributed by atoms with Gasteiger partial charge in [-0.2, -0.15) is 4.98 Å². The van der Waals surface area contributed by atoms with Crippen LogP contribution in [0.25, 0.3) is 0 Å². The summed E-state index contributed by atoms with van der Waals surface area (Å²) >= 11 is -2.85. The summed E-state index contributed by atoms with van der Waals surface area (Å²) in [7, 11) is -6.88. The molecule has 1 aliphatic rings. The van der Waals surface area contributed by atoms with Crippen LogP contribution in [0.15, 0.2) is 17.1 Å². The van der Waals surface area contributed by atoms with Crippen LogP contribution in [0.4, 0.5) is 0 Å². The summed E-state index contributed by atoms with van der Waals surface area (Å²) in [5.41, 5.74) is -0.709. The molecule has 14 heteroatoms. The van der Waals surface area contributed by atoms with Gasteiger partial charge >= 0.3 is 5.69 Å². The van der Waals surface area contributed by atoms with E-state index in [0.29, 0.717) is 6.61 Å². The third-order valence-electron chi connectivity index (χ3n) is 9.41. The Morgan fingerprint density at radius 3 is 1.76 bits per heavy atom. The van der Waals surface area contributed by atoms with Gasteiger partial charge in [0.05, 0.1) is 6.61 Å². The SMILES string of the molecule is CC(C)(C)[Si](C)(C)OC[C@H]1O[C@@H](n2ccc(OS(=O)[O-])nc2=O)[C@@H](O[Si](C)(C)C(C)(C)C)C1O[Si](C)(C)C(C)(C)C. The van der Waals surface area contributed by atoms with Gasteiger partial charge in [-0.15, -0.1) is 0 Å². The number of aromatic nitrogens is 2. The third kappa shape index (κ3) is 8.69. The topological polar surface area (TPSA) is 121 Å². The van der Waals surface area contributed by atoms with Crippen molar-refractivity contribution in [2.24, 2.45) is 0 Å². The number of rotatable bonds is 10. The average molecular weight is 650 g/mol. The van der Waals surface area contributed by atoms with Gasteiger partial charge in [-0.1, -0.05) is 62.3 Å². The van der Waals surface area contributed by atoms with E-state index < -0.39 is 66.5 Å². The Morgan fingerprint density at radius 2 is 1.34 bits per heavy atom. The van der Waals surface area contributed by atoms with Crippen LogP contribution >= 0.6 is 0 Å². The van der Waals surface area contributed by atoms with E-state index in [4.69, 9.17) is 18.0 Å². The third-order valence-corrected chi connectivity index (χ3v) is 23.2. The molecule has 2 heterocycles. The molecule has 2 rings (SSSR count). The maximum Gasteiger partial charge on any atom is 0.353 e. The maximum absolute atomic E-state index is 13.2. The Labute approximate surface area is 252 Å². The number of hydrogen-bond donors (Lipinski definition) is 0. The minimum absolute atomic E-state index is 0.00380. The van der Waals surface area contributed by atoms with Crippen LogP contribution in [0.5, 0.6) is 5.88 Å². The van der Waals surface area contributed by atoms with Crippen molar-refractivity contribution in [2.75, 3.05) is 6.61 Å². The summed E-state index contributed by atoms with van der Waals surface area (Å²) in [4.78, 5) is 17.0. The van der Waals surface area contributed by atoms with Crippen molar-refractivity contribution in [3.8, 4) is 5.88 Å². The van der Waals surface area contributed by atoms with E-state index in [1.54, 1.807) is 0 Å². The zero-order valence-electron chi connectivity index (χ0n) is 27.7. The van der Waals surface area contributed by atoms with Crippen LogP contribution < -0.4 is 9.87 Å². The minimum atomic E-state index is -2.85. The molecular weight excluding hydrogens is 597 g/mol. The van der Waals surface area contributed by atoms with Crippen molar-refractivity contribution in [1.29, 1.82) is 0 Å². The molecule has 0 saturated carbocycles. The average Bonchev–Trinajstić information content (AvgIpc) is 3.05. The van der Waals surface area contributed by atoms with Crippen molar-refractivity contribution in [3.05, 3.63) is 22.7 Å².